The zero-order valence-corrected chi connectivity index (χ0v) is 12.6. The van der Waals surface area contributed by atoms with Gasteiger partial charge in [0.25, 0.3) is 0 Å². The van der Waals surface area contributed by atoms with Gasteiger partial charge >= 0.3 is 5.97 Å². The van der Waals surface area contributed by atoms with Crippen LogP contribution >= 0.6 is 0 Å². The average molecular weight is 277 g/mol. The monoisotopic (exact) mass is 277 g/mol. The Morgan fingerprint density at radius 2 is 1.75 bits per heavy atom. The lowest BCUT2D eigenvalue weighted by atomic mass is 9.92. The highest BCUT2D eigenvalue weighted by molar-refractivity contribution is 5.87. The van der Waals surface area contributed by atoms with Crippen LogP contribution < -0.4 is 0 Å². The van der Waals surface area contributed by atoms with Gasteiger partial charge in [-0.05, 0) is 23.6 Å². The molecule has 0 aliphatic carbocycles. The van der Waals surface area contributed by atoms with E-state index in [-0.39, 0.29) is 17.4 Å². The van der Waals surface area contributed by atoms with E-state index in [1.165, 1.54) is 0 Å². The van der Waals surface area contributed by atoms with Gasteiger partial charge in [0, 0.05) is 19.5 Å². The SMILES string of the molecule is CCC(C)C(C)C(=O)N(C)Cc1ccc(C(=O)O)cc1. The number of hydrogen-bond acceptors (Lipinski definition) is 2. The van der Waals surface area contributed by atoms with E-state index in [4.69, 9.17) is 5.11 Å². The summed E-state index contributed by atoms with van der Waals surface area (Å²) in [5.41, 5.74) is 1.19. The Labute approximate surface area is 120 Å². The largest absolute Gasteiger partial charge is 0.478 e. The lowest BCUT2D eigenvalue weighted by Crippen LogP contribution is -2.34. The molecule has 0 radical (unpaired) electrons. The van der Waals surface area contributed by atoms with Crippen LogP contribution in [0.4, 0.5) is 0 Å². The lowest BCUT2D eigenvalue weighted by molar-refractivity contribution is -0.135. The highest BCUT2D eigenvalue weighted by Gasteiger charge is 2.22. The van der Waals surface area contributed by atoms with Gasteiger partial charge in [-0.3, -0.25) is 4.79 Å². The molecule has 1 amide bonds. The molecule has 0 heterocycles. The van der Waals surface area contributed by atoms with E-state index in [1.807, 2.05) is 6.92 Å². The van der Waals surface area contributed by atoms with Gasteiger partial charge in [0.05, 0.1) is 5.56 Å². The van der Waals surface area contributed by atoms with E-state index in [0.29, 0.717) is 12.5 Å². The van der Waals surface area contributed by atoms with Crippen molar-refractivity contribution in [3.05, 3.63) is 35.4 Å². The fourth-order valence-corrected chi connectivity index (χ4v) is 2.05. The standard InChI is InChI=1S/C16H23NO3/c1-5-11(2)12(3)15(18)17(4)10-13-6-8-14(9-7-13)16(19)20/h6-9,11-12H,5,10H2,1-4H3,(H,19,20). The van der Waals surface area contributed by atoms with Gasteiger partial charge in [0.1, 0.15) is 0 Å². The number of nitrogens with zero attached hydrogens (tertiary/aromatic N) is 1. The number of carboxylic acid groups (broad SMARTS) is 1. The molecule has 0 aromatic heterocycles. The molecule has 0 spiro atoms. The van der Waals surface area contributed by atoms with Crippen LogP contribution in [0.15, 0.2) is 24.3 Å². The van der Waals surface area contributed by atoms with Crippen LogP contribution in [0, 0.1) is 11.8 Å². The topological polar surface area (TPSA) is 57.6 Å². The molecule has 0 saturated carbocycles. The molecule has 20 heavy (non-hydrogen) atoms. The van der Waals surface area contributed by atoms with Crippen molar-refractivity contribution in [2.45, 2.75) is 33.7 Å². The van der Waals surface area contributed by atoms with E-state index < -0.39 is 5.97 Å². The van der Waals surface area contributed by atoms with E-state index in [0.717, 1.165) is 12.0 Å². The molecule has 1 N–H and O–H groups in total. The maximum absolute atomic E-state index is 12.3. The number of carboxylic acids is 1. The van der Waals surface area contributed by atoms with E-state index in [2.05, 4.69) is 13.8 Å². The van der Waals surface area contributed by atoms with Gasteiger partial charge < -0.3 is 10.0 Å². The quantitative estimate of drug-likeness (QED) is 0.869. The van der Waals surface area contributed by atoms with Crippen LogP contribution in [0.3, 0.4) is 0 Å². The van der Waals surface area contributed by atoms with Crippen LogP contribution in [0.25, 0.3) is 0 Å². The minimum absolute atomic E-state index is 0.00305. The van der Waals surface area contributed by atoms with Crippen LogP contribution in [0.5, 0.6) is 0 Å². The van der Waals surface area contributed by atoms with Crippen LogP contribution in [-0.2, 0) is 11.3 Å². The van der Waals surface area contributed by atoms with Crippen molar-refractivity contribution in [3.8, 4) is 0 Å². The minimum atomic E-state index is -0.939. The predicted molar refractivity (Wildman–Crippen MR) is 78.5 cm³/mol. The molecule has 0 aliphatic heterocycles. The first kappa shape index (κ1) is 16.2. The van der Waals surface area contributed by atoms with Gasteiger partial charge in [-0.2, -0.15) is 0 Å². The number of benzene rings is 1. The molecule has 1 aromatic carbocycles. The third-order valence-corrected chi connectivity index (χ3v) is 3.88. The molecule has 2 atom stereocenters. The molecule has 0 bridgehead atoms. The lowest BCUT2D eigenvalue weighted by Gasteiger charge is -2.24. The molecule has 1 aromatic rings. The Balaban J connectivity index is 2.68. The maximum Gasteiger partial charge on any atom is 0.335 e. The van der Waals surface area contributed by atoms with Gasteiger partial charge in [-0.1, -0.05) is 39.3 Å². The third-order valence-electron chi connectivity index (χ3n) is 3.88. The molecule has 4 heteroatoms. The molecule has 0 saturated heterocycles. The first-order valence-corrected chi connectivity index (χ1v) is 6.94. The van der Waals surface area contributed by atoms with Gasteiger partial charge in [0.15, 0.2) is 0 Å². The molecular weight excluding hydrogens is 254 g/mol. The van der Waals surface area contributed by atoms with Crippen molar-refractivity contribution in [2.75, 3.05) is 7.05 Å². The number of carbonyl (C=O) groups excluding carboxylic acids is 1. The highest BCUT2D eigenvalue weighted by atomic mass is 16.4. The van der Waals surface area contributed by atoms with Gasteiger partial charge in [-0.15, -0.1) is 0 Å². The summed E-state index contributed by atoms with van der Waals surface area (Å²) in [5.74, 6) is -0.448. The smallest absolute Gasteiger partial charge is 0.335 e. The molecule has 1 rings (SSSR count). The Morgan fingerprint density at radius 1 is 1.20 bits per heavy atom. The zero-order chi connectivity index (χ0) is 15.3. The molecular formula is C16H23NO3. The van der Waals surface area contributed by atoms with Crippen molar-refractivity contribution in [3.63, 3.8) is 0 Å². The van der Waals surface area contributed by atoms with Crippen molar-refractivity contribution in [1.29, 1.82) is 0 Å². The van der Waals surface area contributed by atoms with Crippen molar-refractivity contribution < 1.29 is 14.7 Å². The predicted octanol–water partition coefficient (Wildman–Crippen LogP) is 3.03. The molecule has 0 aliphatic rings. The van der Waals surface area contributed by atoms with Crippen molar-refractivity contribution in [2.24, 2.45) is 11.8 Å². The Hall–Kier alpha value is -1.84. The summed E-state index contributed by atoms with van der Waals surface area (Å²) in [6.45, 7) is 6.62. The second-order valence-corrected chi connectivity index (χ2v) is 5.37. The molecule has 4 nitrogen and oxygen atoms in total. The third kappa shape index (κ3) is 4.08. The highest BCUT2D eigenvalue weighted by Crippen LogP contribution is 2.18. The number of hydrogen-bond donors (Lipinski definition) is 1. The van der Waals surface area contributed by atoms with E-state index in [9.17, 15) is 9.59 Å². The normalized spacial score (nSPS) is 13.6. The van der Waals surface area contributed by atoms with Crippen LogP contribution in [-0.4, -0.2) is 28.9 Å². The van der Waals surface area contributed by atoms with Crippen LogP contribution in [0.1, 0.15) is 43.1 Å². The zero-order valence-electron chi connectivity index (χ0n) is 12.6. The number of aromatic carboxylic acids is 1. The Morgan fingerprint density at radius 3 is 2.20 bits per heavy atom. The summed E-state index contributed by atoms with van der Waals surface area (Å²) in [6.07, 6.45) is 0.980. The number of rotatable bonds is 6. The van der Waals surface area contributed by atoms with Gasteiger partial charge in [-0.25, -0.2) is 4.79 Å². The van der Waals surface area contributed by atoms with Gasteiger partial charge in [0.2, 0.25) is 5.91 Å². The first-order chi connectivity index (χ1) is 9.36. The minimum Gasteiger partial charge on any atom is -0.478 e. The average Bonchev–Trinajstić information content (AvgIpc) is 2.45. The summed E-state index contributed by atoms with van der Waals surface area (Å²) in [5, 5.41) is 8.84. The maximum atomic E-state index is 12.3. The number of carbonyl (C=O) groups is 2. The fraction of sp³-hybridized carbons (Fsp3) is 0.500. The van der Waals surface area contributed by atoms with Crippen molar-refractivity contribution >= 4 is 11.9 Å². The molecule has 0 fully saturated rings. The van der Waals surface area contributed by atoms with E-state index in [1.54, 1.807) is 36.2 Å². The summed E-state index contributed by atoms with van der Waals surface area (Å²) >= 11 is 0. The Kier molecular flexibility index (Phi) is 5.74. The fourth-order valence-electron chi connectivity index (χ4n) is 2.05. The number of amides is 1. The summed E-state index contributed by atoms with van der Waals surface area (Å²) in [7, 11) is 1.78. The van der Waals surface area contributed by atoms with E-state index >= 15 is 0 Å². The Bertz CT molecular complexity index is 467. The summed E-state index contributed by atoms with van der Waals surface area (Å²) in [6, 6.07) is 6.63. The van der Waals surface area contributed by atoms with Crippen LogP contribution in [0.2, 0.25) is 0 Å². The molecule has 2 unspecified atom stereocenters. The van der Waals surface area contributed by atoms with Crippen molar-refractivity contribution in [1.82, 2.24) is 4.90 Å². The first-order valence-electron chi connectivity index (χ1n) is 6.94. The summed E-state index contributed by atoms with van der Waals surface area (Å²) < 4.78 is 0. The second kappa shape index (κ2) is 7.08. The molecule has 110 valence electrons. The summed E-state index contributed by atoms with van der Waals surface area (Å²) in [4.78, 5) is 24.7. The second-order valence-electron chi connectivity index (χ2n) is 5.37.